The fraction of sp³-hybridized carbons (Fsp3) is 0.765. The van der Waals surface area contributed by atoms with Gasteiger partial charge in [0.1, 0.15) is 5.60 Å². The van der Waals surface area contributed by atoms with Gasteiger partial charge in [-0.3, -0.25) is 9.48 Å². The number of esters is 1. The molecule has 0 radical (unpaired) electrons. The summed E-state index contributed by atoms with van der Waals surface area (Å²) in [6.45, 7) is 7.88. The van der Waals surface area contributed by atoms with Crippen LogP contribution in [0.25, 0.3) is 0 Å². The van der Waals surface area contributed by atoms with E-state index < -0.39 is 0 Å². The molecule has 1 aliphatic heterocycles. The quantitative estimate of drug-likeness (QED) is 0.805. The molecule has 3 atom stereocenters. The summed E-state index contributed by atoms with van der Waals surface area (Å²) >= 11 is 0. The molecule has 3 rings (SSSR count). The molecule has 5 heteroatoms. The summed E-state index contributed by atoms with van der Waals surface area (Å²) in [6, 6.07) is 0. The van der Waals surface area contributed by atoms with Crippen molar-refractivity contribution in [3.05, 3.63) is 12.4 Å². The van der Waals surface area contributed by atoms with Gasteiger partial charge in [0.05, 0.1) is 11.9 Å². The number of anilines is 1. The van der Waals surface area contributed by atoms with Gasteiger partial charge in [-0.25, -0.2) is 0 Å². The van der Waals surface area contributed by atoms with Crippen molar-refractivity contribution in [1.82, 2.24) is 9.78 Å². The van der Waals surface area contributed by atoms with E-state index in [1.165, 1.54) is 18.5 Å². The Morgan fingerprint density at radius 1 is 1.32 bits per heavy atom. The minimum Gasteiger partial charge on any atom is -0.460 e. The van der Waals surface area contributed by atoms with Gasteiger partial charge in [-0.15, -0.1) is 0 Å². The Morgan fingerprint density at radius 3 is 2.45 bits per heavy atom. The van der Waals surface area contributed by atoms with Crippen molar-refractivity contribution < 1.29 is 9.53 Å². The molecule has 0 aromatic carbocycles. The number of aryl methyl sites for hydroxylation is 1. The Morgan fingerprint density at radius 2 is 1.95 bits per heavy atom. The highest BCUT2D eigenvalue weighted by Gasteiger charge is 2.43. The molecule has 1 saturated heterocycles. The Kier molecular flexibility index (Phi) is 3.91. The van der Waals surface area contributed by atoms with Crippen molar-refractivity contribution in [3.8, 4) is 0 Å². The second-order valence-corrected chi connectivity index (χ2v) is 7.83. The molecule has 2 heterocycles. The highest BCUT2D eigenvalue weighted by Crippen LogP contribution is 2.45. The number of carbonyl (C=O) groups is 1. The number of rotatable bonds is 3. The molecule has 22 heavy (non-hydrogen) atoms. The van der Waals surface area contributed by atoms with Crippen LogP contribution < -0.4 is 4.90 Å². The lowest BCUT2D eigenvalue weighted by Crippen LogP contribution is -2.43. The molecule has 0 spiro atoms. The maximum atomic E-state index is 12.2. The molecule has 0 N–H and O–H groups in total. The number of piperidine rings is 1. The van der Waals surface area contributed by atoms with Crippen LogP contribution in [0.4, 0.5) is 5.69 Å². The number of aromatic nitrogens is 2. The number of hydrogen-bond donors (Lipinski definition) is 0. The first-order chi connectivity index (χ1) is 10.3. The highest BCUT2D eigenvalue weighted by molar-refractivity contribution is 5.70. The third-order valence-corrected chi connectivity index (χ3v) is 4.91. The van der Waals surface area contributed by atoms with Crippen LogP contribution >= 0.6 is 0 Å². The van der Waals surface area contributed by atoms with Crippen molar-refractivity contribution in [3.63, 3.8) is 0 Å². The Bertz CT molecular complexity index is 532. The Balaban J connectivity index is 1.62. The molecule has 122 valence electrons. The summed E-state index contributed by atoms with van der Waals surface area (Å²) in [4.78, 5) is 14.6. The molecule has 2 aliphatic rings. The van der Waals surface area contributed by atoms with Crippen molar-refractivity contribution >= 4 is 11.7 Å². The van der Waals surface area contributed by atoms with Crippen molar-refractivity contribution in [2.75, 3.05) is 18.0 Å². The fourth-order valence-electron chi connectivity index (χ4n) is 4.03. The molecule has 2 bridgehead atoms. The monoisotopic (exact) mass is 305 g/mol. The largest absolute Gasteiger partial charge is 0.460 e. The van der Waals surface area contributed by atoms with E-state index in [2.05, 4.69) is 16.2 Å². The van der Waals surface area contributed by atoms with Gasteiger partial charge in [-0.05, 0) is 51.4 Å². The van der Waals surface area contributed by atoms with Crippen LogP contribution in [0.2, 0.25) is 0 Å². The summed E-state index contributed by atoms with van der Waals surface area (Å²) in [7, 11) is 1.95. The van der Waals surface area contributed by atoms with Crippen LogP contribution in [0.5, 0.6) is 0 Å². The summed E-state index contributed by atoms with van der Waals surface area (Å²) < 4.78 is 7.37. The number of nitrogens with zero attached hydrogens (tertiary/aromatic N) is 3. The number of hydrogen-bond acceptors (Lipinski definition) is 4. The zero-order chi connectivity index (χ0) is 15.9. The van der Waals surface area contributed by atoms with Crippen molar-refractivity contribution in [2.45, 2.75) is 45.6 Å². The summed E-state index contributed by atoms with van der Waals surface area (Å²) in [6.07, 6.45) is 7.05. The standard InChI is InChI=1S/C17H27N3O2/c1-17(2,3)22-16(21)7-15-12-5-6-13(15)10-20(9-12)14-8-18-19(4)11-14/h8,11-13,15H,5-7,9-10H2,1-4H3/t12-,13+,15?. The first-order valence-corrected chi connectivity index (χ1v) is 8.27. The first-order valence-electron chi connectivity index (χ1n) is 8.27. The second-order valence-electron chi connectivity index (χ2n) is 7.83. The van der Waals surface area contributed by atoms with Crippen LogP contribution in [0, 0.1) is 17.8 Å². The van der Waals surface area contributed by atoms with Crippen LogP contribution in [0.3, 0.4) is 0 Å². The Hall–Kier alpha value is -1.52. The van der Waals surface area contributed by atoms with Gasteiger partial charge in [0, 0.05) is 32.8 Å². The molecule has 1 aromatic rings. The van der Waals surface area contributed by atoms with E-state index in [1.54, 1.807) is 0 Å². The van der Waals surface area contributed by atoms with Gasteiger partial charge in [0.2, 0.25) is 0 Å². The molecule has 1 aromatic heterocycles. The maximum Gasteiger partial charge on any atom is 0.306 e. The van der Waals surface area contributed by atoms with E-state index in [0.717, 1.165) is 13.1 Å². The van der Waals surface area contributed by atoms with Gasteiger partial charge >= 0.3 is 5.97 Å². The van der Waals surface area contributed by atoms with Crippen molar-refractivity contribution in [2.24, 2.45) is 24.8 Å². The maximum absolute atomic E-state index is 12.2. The average molecular weight is 305 g/mol. The zero-order valence-corrected chi connectivity index (χ0v) is 14.1. The average Bonchev–Trinajstić information content (AvgIpc) is 2.89. The molecule has 0 amide bonds. The molecule has 1 unspecified atom stereocenters. The minimum absolute atomic E-state index is 0.0378. The smallest absolute Gasteiger partial charge is 0.306 e. The minimum atomic E-state index is -0.382. The topological polar surface area (TPSA) is 47.4 Å². The SMILES string of the molecule is Cn1cc(N2C[C@H]3CC[C@@H](C2)C3CC(=O)OC(C)(C)C)cn1. The Labute approximate surface area is 132 Å². The molecular weight excluding hydrogens is 278 g/mol. The third kappa shape index (κ3) is 3.28. The van der Waals surface area contributed by atoms with E-state index in [-0.39, 0.29) is 11.6 Å². The van der Waals surface area contributed by atoms with Crippen LogP contribution in [0.1, 0.15) is 40.0 Å². The van der Waals surface area contributed by atoms with Gasteiger partial charge in [0.15, 0.2) is 0 Å². The van der Waals surface area contributed by atoms with Gasteiger partial charge in [-0.1, -0.05) is 0 Å². The van der Waals surface area contributed by atoms with Crippen LogP contribution in [0.15, 0.2) is 12.4 Å². The highest BCUT2D eigenvalue weighted by atomic mass is 16.6. The van der Waals surface area contributed by atoms with Crippen LogP contribution in [-0.2, 0) is 16.6 Å². The third-order valence-electron chi connectivity index (χ3n) is 4.91. The molecule has 2 fully saturated rings. The number of carbonyl (C=O) groups excluding carboxylic acids is 1. The molecule has 1 saturated carbocycles. The number of fused-ring (bicyclic) bond motifs is 2. The predicted octanol–water partition coefficient (Wildman–Crippen LogP) is 2.61. The van der Waals surface area contributed by atoms with E-state index in [9.17, 15) is 4.79 Å². The lowest BCUT2D eigenvalue weighted by atomic mass is 9.82. The normalized spacial score (nSPS) is 28.0. The molecular formula is C17H27N3O2. The van der Waals surface area contributed by atoms with Gasteiger partial charge in [0.25, 0.3) is 0 Å². The summed E-state index contributed by atoms with van der Waals surface area (Å²) in [5.74, 6) is 1.66. The van der Waals surface area contributed by atoms with Crippen LogP contribution in [-0.4, -0.2) is 34.4 Å². The molecule has 5 nitrogen and oxygen atoms in total. The van der Waals surface area contributed by atoms with E-state index >= 15 is 0 Å². The van der Waals surface area contributed by atoms with E-state index in [0.29, 0.717) is 24.2 Å². The lowest BCUT2D eigenvalue weighted by molar-refractivity contribution is -0.156. The number of ether oxygens (including phenoxy) is 1. The second kappa shape index (κ2) is 5.60. The summed E-state index contributed by atoms with van der Waals surface area (Å²) in [5.41, 5.74) is 0.821. The van der Waals surface area contributed by atoms with Gasteiger partial charge < -0.3 is 9.64 Å². The van der Waals surface area contributed by atoms with E-state index in [4.69, 9.17) is 4.74 Å². The van der Waals surface area contributed by atoms with E-state index in [1.807, 2.05) is 38.7 Å². The molecule has 1 aliphatic carbocycles. The fourth-order valence-corrected chi connectivity index (χ4v) is 4.03. The van der Waals surface area contributed by atoms with Gasteiger partial charge in [-0.2, -0.15) is 5.10 Å². The zero-order valence-electron chi connectivity index (χ0n) is 14.1. The lowest BCUT2D eigenvalue weighted by Gasteiger charge is -2.38. The predicted molar refractivity (Wildman–Crippen MR) is 85.6 cm³/mol. The van der Waals surface area contributed by atoms with Crippen molar-refractivity contribution in [1.29, 1.82) is 0 Å². The summed E-state index contributed by atoms with van der Waals surface area (Å²) in [5, 5.41) is 4.27. The first kappa shape index (κ1) is 15.4.